The third-order valence-electron chi connectivity index (χ3n) is 3.60. The zero-order chi connectivity index (χ0) is 15.2. The van der Waals surface area contributed by atoms with Crippen molar-refractivity contribution in [3.05, 3.63) is 53.3 Å². The fourth-order valence-electron chi connectivity index (χ4n) is 2.70. The number of carbonyl (C=O) groups is 1. The van der Waals surface area contributed by atoms with E-state index in [1.807, 2.05) is 26.0 Å². The first-order valence-corrected chi connectivity index (χ1v) is 6.71. The first kappa shape index (κ1) is 13.6. The molecular weight excluding hydrogens is 271 g/mol. The molecule has 1 heterocycles. The molecule has 0 saturated heterocycles. The monoisotopic (exact) mass is 286 g/mol. The molecule has 0 aromatic heterocycles. The van der Waals surface area contributed by atoms with E-state index in [1.54, 1.807) is 18.2 Å². The molecule has 0 fully saturated rings. The van der Waals surface area contributed by atoms with Crippen molar-refractivity contribution in [1.29, 1.82) is 0 Å². The van der Waals surface area contributed by atoms with E-state index in [1.165, 1.54) is 6.07 Å². The number of hydrogen-bond acceptors (Lipinski definition) is 2. The number of rotatable bonds is 2. The molecule has 0 bridgehead atoms. The molecule has 0 amide bonds. The van der Waals surface area contributed by atoms with Gasteiger partial charge in [-0.3, -0.25) is 0 Å². The molecule has 1 aliphatic rings. The Morgan fingerprint density at radius 1 is 1.29 bits per heavy atom. The summed E-state index contributed by atoms with van der Waals surface area (Å²) in [5, 5.41) is 9.00. The van der Waals surface area contributed by atoms with Crippen molar-refractivity contribution < 1.29 is 19.0 Å². The molecule has 2 aromatic carbocycles. The number of benzene rings is 2. The van der Waals surface area contributed by atoms with Gasteiger partial charge in [0, 0.05) is 12.0 Å². The molecule has 2 aromatic rings. The Hall–Kier alpha value is -2.36. The number of carboxylic acid groups (broad SMARTS) is 1. The average molecular weight is 286 g/mol. The van der Waals surface area contributed by atoms with Gasteiger partial charge in [0.15, 0.2) is 0 Å². The SMILES string of the molecule is CC1(C)Cc2cc(-c3cccc(C(=O)O)c3F)ccc2O1. The number of carboxylic acids is 1. The molecular formula is C17H15FO3. The third-order valence-corrected chi connectivity index (χ3v) is 3.60. The molecule has 0 spiro atoms. The summed E-state index contributed by atoms with van der Waals surface area (Å²) in [6.07, 6.45) is 0.746. The number of fused-ring (bicyclic) bond motifs is 1. The summed E-state index contributed by atoms with van der Waals surface area (Å²) >= 11 is 0. The van der Waals surface area contributed by atoms with Gasteiger partial charge in [-0.25, -0.2) is 9.18 Å². The molecule has 0 atom stereocenters. The lowest BCUT2D eigenvalue weighted by atomic mass is 9.96. The second kappa shape index (κ2) is 4.58. The van der Waals surface area contributed by atoms with E-state index in [4.69, 9.17) is 9.84 Å². The van der Waals surface area contributed by atoms with Gasteiger partial charge in [-0.05, 0) is 43.2 Å². The number of ether oxygens (including phenoxy) is 1. The van der Waals surface area contributed by atoms with Crippen LogP contribution in [0.5, 0.6) is 5.75 Å². The van der Waals surface area contributed by atoms with Crippen molar-refractivity contribution in [1.82, 2.24) is 0 Å². The Kier molecular flexibility index (Phi) is 2.97. The molecule has 3 nitrogen and oxygen atoms in total. The Morgan fingerprint density at radius 2 is 2.05 bits per heavy atom. The van der Waals surface area contributed by atoms with E-state index in [0.717, 1.165) is 17.7 Å². The average Bonchev–Trinajstić information content (AvgIpc) is 2.71. The first-order chi connectivity index (χ1) is 9.87. The van der Waals surface area contributed by atoms with E-state index in [2.05, 4.69) is 0 Å². The quantitative estimate of drug-likeness (QED) is 0.910. The standard InChI is InChI=1S/C17H15FO3/c1-17(2)9-11-8-10(6-7-14(11)21-17)12-4-3-5-13(15(12)18)16(19)20/h3-8H,9H2,1-2H3,(H,19,20). The highest BCUT2D eigenvalue weighted by molar-refractivity contribution is 5.90. The zero-order valence-electron chi connectivity index (χ0n) is 11.8. The second-order valence-electron chi connectivity index (χ2n) is 5.83. The van der Waals surface area contributed by atoms with Crippen LogP contribution in [0.3, 0.4) is 0 Å². The Labute approximate surface area is 122 Å². The molecule has 108 valence electrons. The molecule has 1 N–H and O–H groups in total. The predicted molar refractivity (Wildman–Crippen MR) is 77.2 cm³/mol. The van der Waals surface area contributed by atoms with Gasteiger partial charge in [-0.2, -0.15) is 0 Å². The lowest BCUT2D eigenvalue weighted by molar-refractivity contribution is 0.0692. The van der Waals surface area contributed by atoms with Gasteiger partial charge >= 0.3 is 5.97 Å². The van der Waals surface area contributed by atoms with Crippen LogP contribution in [-0.4, -0.2) is 16.7 Å². The van der Waals surface area contributed by atoms with Gasteiger partial charge in [0.25, 0.3) is 0 Å². The van der Waals surface area contributed by atoms with Gasteiger partial charge < -0.3 is 9.84 Å². The second-order valence-corrected chi connectivity index (χ2v) is 5.83. The van der Waals surface area contributed by atoms with Crippen LogP contribution < -0.4 is 4.74 Å². The van der Waals surface area contributed by atoms with Crippen LogP contribution in [0.4, 0.5) is 4.39 Å². The van der Waals surface area contributed by atoms with Gasteiger partial charge in [0.1, 0.15) is 17.2 Å². The largest absolute Gasteiger partial charge is 0.487 e. The molecule has 0 aliphatic carbocycles. The van der Waals surface area contributed by atoms with Crippen molar-refractivity contribution in [2.45, 2.75) is 25.9 Å². The zero-order valence-corrected chi connectivity index (χ0v) is 11.8. The van der Waals surface area contributed by atoms with Crippen molar-refractivity contribution in [3.63, 3.8) is 0 Å². The summed E-state index contributed by atoms with van der Waals surface area (Å²) in [6, 6.07) is 9.84. The minimum absolute atomic E-state index is 0.261. The minimum Gasteiger partial charge on any atom is -0.487 e. The summed E-state index contributed by atoms with van der Waals surface area (Å²) < 4.78 is 20.1. The van der Waals surface area contributed by atoms with E-state index in [9.17, 15) is 9.18 Å². The maximum absolute atomic E-state index is 14.3. The smallest absolute Gasteiger partial charge is 0.338 e. The number of hydrogen-bond donors (Lipinski definition) is 1. The van der Waals surface area contributed by atoms with Crippen molar-refractivity contribution in [2.75, 3.05) is 0 Å². The molecule has 4 heteroatoms. The summed E-state index contributed by atoms with van der Waals surface area (Å²) in [5.74, 6) is -1.17. The Morgan fingerprint density at radius 3 is 2.76 bits per heavy atom. The van der Waals surface area contributed by atoms with Crippen LogP contribution in [0.15, 0.2) is 36.4 Å². The van der Waals surface area contributed by atoms with Gasteiger partial charge in [0.05, 0.1) is 5.56 Å². The van der Waals surface area contributed by atoms with Crippen LogP contribution in [0, 0.1) is 5.82 Å². The molecule has 0 saturated carbocycles. The minimum atomic E-state index is -1.26. The lowest BCUT2D eigenvalue weighted by Gasteiger charge is -2.16. The first-order valence-electron chi connectivity index (χ1n) is 6.71. The van der Waals surface area contributed by atoms with Crippen LogP contribution in [-0.2, 0) is 6.42 Å². The fourth-order valence-corrected chi connectivity index (χ4v) is 2.70. The molecule has 0 unspecified atom stereocenters. The summed E-state index contributed by atoms with van der Waals surface area (Å²) in [6.45, 7) is 4.00. The maximum atomic E-state index is 14.3. The van der Waals surface area contributed by atoms with Crippen molar-refractivity contribution in [3.8, 4) is 16.9 Å². The van der Waals surface area contributed by atoms with Crippen molar-refractivity contribution >= 4 is 5.97 Å². The molecule has 1 aliphatic heterocycles. The Balaban J connectivity index is 2.08. The van der Waals surface area contributed by atoms with E-state index >= 15 is 0 Å². The van der Waals surface area contributed by atoms with E-state index in [-0.39, 0.29) is 11.2 Å². The fraction of sp³-hybridized carbons (Fsp3) is 0.235. The summed E-state index contributed by atoms with van der Waals surface area (Å²) in [7, 11) is 0. The maximum Gasteiger partial charge on any atom is 0.338 e. The lowest BCUT2D eigenvalue weighted by Crippen LogP contribution is -2.24. The van der Waals surface area contributed by atoms with Crippen LogP contribution in [0.2, 0.25) is 0 Å². The van der Waals surface area contributed by atoms with E-state index in [0.29, 0.717) is 11.1 Å². The van der Waals surface area contributed by atoms with Crippen LogP contribution in [0.25, 0.3) is 11.1 Å². The normalized spacial score (nSPS) is 15.4. The summed E-state index contributed by atoms with van der Waals surface area (Å²) in [5.41, 5.74) is 1.39. The highest BCUT2D eigenvalue weighted by Gasteiger charge is 2.30. The van der Waals surface area contributed by atoms with Gasteiger partial charge in [-0.15, -0.1) is 0 Å². The highest BCUT2D eigenvalue weighted by atomic mass is 19.1. The third kappa shape index (κ3) is 2.37. The molecule has 3 rings (SSSR count). The number of halogens is 1. The Bertz CT molecular complexity index is 735. The number of aromatic carboxylic acids is 1. The molecule has 0 radical (unpaired) electrons. The predicted octanol–water partition coefficient (Wildman–Crippen LogP) is 3.90. The summed E-state index contributed by atoms with van der Waals surface area (Å²) in [4.78, 5) is 11.0. The molecule has 21 heavy (non-hydrogen) atoms. The van der Waals surface area contributed by atoms with Crippen LogP contribution in [0.1, 0.15) is 29.8 Å². The topological polar surface area (TPSA) is 46.5 Å². The van der Waals surface area contributed by atoms with Gasteiger partial charge in [0.2, 0.25) is 0 Å². The highest BCUT2D eigenvalue weighted by Crippen LogP contribution is 2.38. The van der Waals surface area contributed by atoms with Crippen LogP contribution >= 0.6 is 0 Å². The van der Waals surface area contributed by atoms with Gasteiger partial charge in [-0.1, -0.05) is 18.2 Å². The van der Waals surface area contributed by atoms with Crippen molar-refractivity contribution in [2.24, 2.45) is 0 Å². The van der Waals surface area contributed by atoms with E-state index < -0.39 is 11.8 Å².